The number of rotatable bonds is 3. The van der Waals surface area contributed by atoms with E-state index in [1.54, 1.807) is 0 Å². The predicted molar refractivity (Wildman–Crippen MR) is 58.0 cm³/mol. The van der Waals surface area contributed by atoms with Gasteiger partial charge in [0.05, 0.1) is 6.04 Å². The summed E-state index contributed by atoms with van der Waals surface area (Å²) in [5.41, 5.74) is 15.8. The summed E-state index contributed by atoms with van der Waals surface area (Å²) in [6, 6.07) is 0.254. The van der Waals surface area contributed by atoms with Crippen molar-refractivity contribution >= 4 is 11.9 Å². The van der Waals surface area contributed by atoms with E-state index in [0.29, 0.717) is 0 Å². The van der Waals surface area contributed by atoms with Crippen molar-refractivity contribution in [1.82, 2.24) is 4.90 Å². The van der Waals surface area contributed by atoms with Crippen LogP contribution >= 0.6 is 0 Å². The Labute approximate surface area is 83.9 Å². The molecule has 0 spiro atoms. The lowest BCUT2D eigenvalue weighted by atomic mass is 10.1. The topological polar surface area (TPSA) is 106 Å². The van der Waals surface area contributed by atoms with Crippen molar-refractivity contribution in [2.24, 2.45) is 27.2 Å². The summed E-state index contributed by atoms with van der Waals surface area (Å²) >= 11 is 0. The van der Waals surface area contributed by atoms with Crippen LogP contribution in [-0.2, 0) is 0 Å². The Morgan fingerprint density at radius 3 is 2.50 bits per heavy atom. The number of hydrogen-bond donors (Lipinski definition) is 3. The molecule has 6 N–H and O–H groups in total. The Kier molecular flexibility index (Phi) is 3.70. The molecule has 1 aliphatic rings. The Morgan fingerprint density at radius 1 is 1.36 bits per heavy atom. The Bertz CT molecular complexity index is 236. The van der Waals surface area contributed by atoms with Gasteiger partial charge in [-0.3, -0.25) is 4.90 Å². The monoisotopic (exact) mass is 198 g/mol. The molecule has 0 aromatic heterocycles. The molecule has 0 unspecified atom stereocenters. The summed E-state index contributed by atoms with van der Waals surface area (Å²) in [4.78, 5) is 10.1. The number of aliphatic imine (C=N–C) groups is 2. The van der Waals surface area contributed by atoms with E-state index in [0.717, 1.165) is 19.6 Å². The lowest BCUT2D eigenvalue weighted by molar-refractivity contribution is 0.152. The van der Waals surface area contributed by atoms with Crippen LogP contribution < -0.4 is 17.2 Å². The zero-order valence-electron chi connectivity index (χ0n) is 8.48. The van der Waals surface area contributed by atoms with Crippen LogP contribution in [0.25, 0.3) is 0 Å². The number of guanidine groups is 2. The molecule has 1 rings (SSSR count). The Balaban J connectivity index is 2.30. The maximum atomic E-state index is 5.49. The minimum Gasteiger partial charge on any atom is -0.370 e. The highest BCUT2D eigenvalue weighted by atomic mass is 15.2. The maximum absolute atomic E-state index is 5.49. The van der Waals surface area contributed by atoms with Crippen LogP contribution in [0, 0.1) is 0 Å². The molecule has 0 saturated carbocycles. The molecular formula is C8H18N6. The molecule has 0 atom stereocenters. The zero-order chi connectivity index (χ0) is 10.6. The van der Waals surface area contributed by atoms with Crippen molar-refractivity contribution in [3.63, 3.8) is 0 Å². The Morgan fingerprint density at radius 2 is 2.00 bits per heavy atom. The summed E-state index contributed by atoms with van der Waals surface area (Å²) in [5.74, 6) is 0.127. The van der Waals surface area contributed by atoms with Gasteiger partial charge in [0.15, 0.2) is 5.96 Å². The van der Waals surface area contributed by atoms with Gasteiger partial charge >= 0.3 is 0 Å². The first-order valence-electron chi connectivity index (χ1n) is 4.77. The van der Waals surface area contributed by atoms with E-state index < -0.39 is 0 Å². The van der Waals surface area contributed by atoms with Crippen molar-refractivity contribution < 1.29 is 0 Å². The van der Waals surface area contributed by atoms with E-state index in [1.807, 2.05) is 0 Å². The molecule has 6 nitrogen and oxygen atoms in total. The van der Waals surface area contributed by atoms with Crippen molar-refractivity contribution in [3.05, 3.63) is 0 Å². The molecule has 0 bridgehead atoms. The number of nitrogens with zero attached hydrogens (tertiary/aromatic N) is 3. The van der Waals surface area contributed by atoms with Crippen LogP contribution in [0.5, 0.6) is 0 Å². The molecule has 0 radical (unpaired) electrons. The van der Waals surface area contributed by atoms with Crippen LogP contribution in [0.2, 0.25) is 0 Å². The molecule has 0 aromatic rings. The average Bonchev–Trinajstić information content (AvgIpc) is 1.99. The summed E-state index contributed by atoms with van der Waals surface area (Å²) in [7, 11) is 0. The maximum Gasteiger partial charge on any atom is 0.218 e. The van der Waals surface area contributed by atoms with Crippen LogP contribution in [-0.4, -0.2) is 42.5 Å². The van der Waals surface area contributed by atoms with E-state index >= 15 is 0 Å². The first-order valence-corrected chi connectivity index (χ1v) is 4.77. The van der Waals surface area contributed by atoms with E-state index in [2.05, 4.69) is 21.8 Å². The highest BCUT2D eigenvalue weighted by molar-refractivity contribution is 5.92. The fourth-order valence-electron chi connectivity index (χ4n) is 1.47. The fourth-order valence-corrected chi connectivity index (χ4v) is 1.47. The van der Waals surface area contributed by atoms with E-state index in [-0.39, 0.29) is 18.0 Å². The van der Waals surface area contributed by atoms with Gasteiger partial charge in [-0.05, 0) is 13.0 Å². The van der Waals surface area contributed by atoms with Crippen LogP contribution in [0.3, 0.4) is 0 Å². The predicted octanol–water partition coefficient (Wildman–Crippen LogP) is -1.33. The molecule has 0 amide bonds. The zero-order valence-corrected chi connectivity index (χ0v) is 8.48. The first-order chi connectivity index (χ1) is 6.61. The van der Waals surface area contributed by atoms with E-state index in [9.17, 15) is 0 Å². The smallest absolute Gasteiger partial charge is 0.218 e. The number of hydrogen-bond acceptors (Lipinski definition) is 2. The van der Waals surface area contributed by atoms with Gasteiger partial charge in [-0.2, -0.15) is 4.99 Å². The first kappa shape index (κ1) is 10.8. The molecule has 14 heavy (non-hydrogen) atoms. The molecule has 1 heterocycles. The molecule has 0 aliphatic carbocycles. The van der Waals surface area contributed by atoms with Gasteiger partial charge in [0.25, 0.3) is 0 Å². The summed E-state index contributed by atoms with van der Waals surface area (Å²) in [5, 5.41) is 0. The van der Waals surface area contributed by atoms with Gasteiger partial charge in [0.1, 0.15) is 0 Å². The molecule has 0 aromatic carbocycles. The molecule has 6 heteroatoms. The molecular weight excluding hydrogens is 180 g/mol. The summed E-state index contributed by atoms with van der Waals surface area (Å²) in [6.07, 6.45) is 1.17. The second-order valence-electron chi connectivity index (χ2n) is 3.44. The molecule has 1 fully saturated rings. The number of nitrogens with two attached hydrogens (primary N) is 3. The van der Waals surface area contributed by atoms with Crippen molar-refractivity contribution in [3.8, 4) is 0 Å². The van der Waals surface area contributed by atoms with Crippen molar-refractivity contribution in [2.45, 2.75) is 19.4 Å². The third-order valence-electron chi connectivity index (χ3n) is 2.04. The van der Waals surface area contributed by atoms with Crippen molar-refractivity contribution in [1.29, 1.82) is 0 Å². The average molecular weight is 198 g/mol. The van der Waals surface area contributed by atoms with Gasteiger partial charge in [0.2, 0.25) is 5.96 Å². The van der Waals surface area contributed by atoms with Crippen LogP contribution in [0.4, 0.5) is 0 Å². The third-order valence-corrected chi connectivity index (χ3v) is 2.04. The highest BCUT2D eigenvalue weighted by Gasteiger charge is 2.25. The van der Waals surface area contributed by atoms with Crippen molar-refractivity contribution in [2.75, 3.05) is 19.6 Å². The van der Waals surface area contributed by atoms with Gasteiger partial charge < -0.3 is 17.2 Å². The number of likely N-dealkylation sites (tertiary alicyclic amines) is 1. The quantitative estimate of drug-likeness (QED) is 0.386. The largest absolute Gasteiger partial charge is 0.370 e. The van der Waals surface area contributed by atoms with Gasteiger partial charge in [0, 0.05) is 13.1 Å². The fraction of sp³-hybridized carbons (Fsp3) is 0.750. The lowest BCUT2D eigenvalue weighted by Crippen LogP contribution is -2.50. The van der Waals surface area contributed by atoms with E-state index in [1.165, 1.54) is 6.42 Å². The SMILES string of the molecule is CCCN1CC(N=C(N)N=C(N)N)C1. The highest BCUT2D eigenvalue weighted by Crippen LogP contribution is 2.11. The third kappa shape index (κ3) is 3.21. The second kappa shape index (κ2) is 4.80. The second-order valence-corrected chi connectivity index (χ2v) is 3.44. The molecule has 80 valence electrons. The standard InChI is InChI=1S/C8H18N6/c1-2-3-14-4-6(5-14)12-8(11)13-7(9)10/h6H,2-5H2,1H3,(H6,9,10,11,12,13). The van der Waals surface area contributed by atoms with Gasteiger partial charge in [-0.15, -0.1) is 0 Å². The molecule has 1 saturated heterocycles. The van der Waals surface area contributed by atoms with Gasteiger partial charge in [-0.25, -0.2) is 4.99 Å². The molecule has 1 aliphatic heterocycles. The minimum absolute atomic E-state index is 0.0454. The Hall–Kier alpha value is -1.30. The van der Waals surface area contributed by atoms with Crippen LogP contribution in [0.1, 0.15) is 13.3 Å². The lowest BCUT2D eigenvalue weighted by Gasteiger charge is -2.36. The van der Waals surface area contributed by atoms with Gasteiger partial charge in [-0.1, -0.05) is 6.92 Å². The summed E-state index contributed by atoms with van der Waals surface area (Å²) in [6.45, 7) is 5.18. The normalized spacial score (nSPS) is 19.1. The van der Waals surface area contributed by atoms with Crippen LogP contribution in [0.15, 0.2) is 9.98 Å². The van der Waals surface area contributed by atoms with E-state index in [4.69, 9.17) is 17.2 Å². The summed E-state index contributed by atoms with van der Waals surface area (Å²) < 4.78 is 0. The minimum atomic E-state index is -0.0454.